The van der Waals surface area contributed by atoms with Gasteiger partial charge in [0.05, 0.1) is 6.17 Å². The maximum atomic E-state index is 3.60. The van der Waals surface area contributed by atoms with Crippen LogP contribution in [-0.4, -0.2) is 6.17 Å². The van der Waals surface area contributed by atoms with Crippen molar-refractivity contribution in [3.63, 3.8) is 0 Å². The Morgan fingerprint density at radius 3 is 1.60 bits per heavy atom. The van der Waals surface area contributed by atoms with Crippen LogP contribution in [0.5, 0.6) is 0 Å². The first-order valence-corrected chi connectivity index (χ1v) is 7.43. The lowest BCUT2D eigenvalue weighted by atomic mass is 10.2. The van der Waals surface area contributed by atoms with Crippen molar-refractivity contribution in [2.45, 2.75) is 39.0 Å². The Hall–Kier alpha value is -1.64. The zero-order chi connectivity index (χ0) is 14.0. The molecule has 0 aliphatic rings. The van der Waals surface area contributed by atoms with Gasteiger partial charge in [0.15, 0.2) is 0 Å². The minimum atomic E-state index is 0.361. The summed E-state index contributed by atoms with van der Waals surface area (Å²) in [7, 11) is 0. The molecule has 0 saturated carbocycles. The highest BCUT2D eigenvalue weighted by atomic mass is 15.1. The maximum absolute atomic E-state index is 3.60. The van der Waals surface area contributed by atoms with E-state index in [0.717, 1.165) is 19.5 Å². The number of hydrogen-bond donors (Lipinski definition) is 2. The third-order valence-corrected chi connectivity index (χ3v) is 3.37. The average Bonchev–Trinajstić information content (AvgIpc) is 2.52. The summed E-state index contributed by atoms with van der Waals surface area (Å²) >= 11 is 0. The predicted molar refractivity (Wildman–Crippen MR) is 85.3 cm³/mol. The molecule has 0 fully saturated rings. The molecule has 0 aromatic heterocycles. The quantitative estimate of drug-likeness (QED) is 0.713. The van der Waals surface area contributed by atoms with Gasteiger partial charge in [-0.1, -0.05) is 74.0 Å². The van der Waals surface area contributed by atoms with E-state index in [2.05, 4.69) is 78.2 Å². The van der Waals surface area contributed by atoms with Gasteiger partial charge >= 0.3 is 0 Å². The van der Waals surface area contributed by atoms with Gasteiger partial charge in [0.2, 0.25) is 0 Å². The van der Waals surface area contributed by atoms with Gasteiger partial charge in [0.1, 0.15) is 0 Å². The minimum Gasteiger partial charge on any atom is -0.298 e. The normalized spacial score (nSPS) is 10.9. The summed E-state index contributed by atoms with van der Waals surface area (Å²) < 4.78 is 0. The summed E-state index contributed by atoms with van der Waals surface area (Å²) in [6.07, 6.45) is 2.67. The zero-order valence-corrected chi connectivity index (χ0v) is 12.2. The lowest BCUT2D eigenvalue weighted by molar-refractivity contribution is 0.394. The van der Waals surface area contributed by atoms with Crippen molar-refractivity contribution in [2.24, 2.45) is 0 Å². The number of nitrogens with one attached hydrogen (secondary N) is 2. The van der Waals surface area contributed by atoms with E-state index in [-0.39, 0.29) is 0 Å². The molecule has 2 nitrogen and oxygen atoms in total. The molecule has 0 aliphatic carbocycles. The molecular weight excluding hydrogens is 244 g/mol. The van der Waals surface area contributed by atoms with Gasteiger partial charge in [-0.25, -0.2) is 0 Å². The van der Waals surface area contributed by atoms with Gasteiger partial charge in [-0.05, 0) is 17.5 Å². The van der Waals surface area contributed by atoms with Crippen molar-refractivity contribution < 1.29 is 0 Å². The summed E-state index contributed by atoms with van der Waals surface area (Å²) in [5.41, 5.74) is 2.66. The molecule has 0 spiro atoms. The van der Waals surface area contributed by atoms with Crippen molar-refractivity contribution in [2.75, 3.05) is 0 Å². The van der Waals surface area contributed by atoms with E-state index in [0.29, 0.717) is 6.17 Å². The molecule has 0 aliphatic heterocycles. The molecule has 0 amide bonds. The van der Waals surface area contributed by atoms with Crippen molar-refractivity contribution >= 4 is 0 Å². The molecule has 2 aromatic rings. The molecule has 106 valence electrons. The summed E-state index contributed by atoms with van der Waals surface area (Å²) in [5.74, 6) is 0. The Bertz CT molecular complexity index is 424. The Morgan fingerprint density at radius 2 is 1.20 bits per heavy atom. The van der Waals surface area contributed by atoms with Crippen LogP contribution in [0.1, 0.15) is 30.9 Å². The van der Waals surface area contributed by atoms with Crippen LogP contribution in [0.4, 0.5) is 0 Å². The van der Waals surface area contributed by atoms with Gasteiger partial charge < -0.3 is 0 Å². The van der Waals surface area contributed by atoms with Crippen LogP contribution in [0.15, 0.2) is 60.7 Å². The van der Waals surface area contributed by atoms with E-state index in [4.69, 9.17) is 0 Å². The van der Waals surface area contributed by atoms with Crippen molar-refractivity contribution in [3.8, 4) is 0 Å². The zero-order valence-electron chi connectivity index (χ0n) is 12.2. The fourth-order valence-corrected chi connectivity index (χ4v) is 2.24. The Balaban J connectivity index is 1.81. The predicted octanol–water partition coefficient (Wildman–Crippen LogP) is 3.69. The first-order valence-electron chi connectivity index (χ1n) is 7.43. The fraction of sp³-hybridized carbons (Fsp3) is 0.333. The van der Waals surface area contributed by atoms with E-state index >= 15 is 0 Å². The monoisotopic (exact) mass is 268 g/mol. The molecule has 0 bridgehead atoms. The van der Waals surface area contributed by atoms with Crippen LogP contribution < -0.4 is 10.6 Å². The number of benzene rings is 2. The minimum absolute atomic E-state index is 0.361. The second-order valence-electron chi connectivity index (χ2n) is 5.07. The van der Waals surface area contributed by atoms with Gasteiger partial charge in [0.25, 0.3) is 0 Å². The second-order valence-corrected chi connectivity index (χ2v) is 5.07. The molecule has 0 saturated heterocycles. The first-order chi connectivity index (χ1) is 9.88. The Kier molecular flexibility index (Phi) is 6.28. The fourth-order valence-electron chi connectivity index (χ4n) is 2.24. The van der Waals surface area contributed by atoms with Crippen LogP contribution in [0.2, 0.25) is 0 Å². The van der Waals surface area contributed by atoms with Crippen molar-refractivity contribution in [1.82, 2.24) is 10.6 Å². The topological polar surface area (TPSA) is 24.1 Å². The van der Waals surface area contributed by atoms with Gasteiger partial charge in [-0.2, -0.15) is 0 Å². The van der Waals surface area contributed by atoms with E-state index in [1.165, 1.54) is 17.5 Å². The summed E-state index contributed by atoms with van der Waals surface area (Å²) in [4.78, 5) is 0. The molecule has 20 heavy (non-hydrogen) atoms. The highest BCUT2D eigenvalue weighted by molar-refractivity contribution is 5.15. The molecule has 2 rings (SSSR count). The van der Waals surface area contributed by atoms with Crippen LogP contribution in [0, 0.1) is 0 Å². The largest absolute Gasteiger partial charge is 0.298 e. The number of hydrogen-bond acceptors (Lipinski definition) is 2. The summed E-state index contributed by atoms with van der Waals surface area (Å²) in [6.45, 7) is 4.04. The molecule has 0 heterocycles. The summed E-state index contributed by atoms with van der Waals surface area (Å²) in [6, 6.07) is 21.1. The van der Waals surface area contributed by atoms with Crippen LogP contribution >= 0.6 is 0 Å². The lowest BCUT2D eigenvalue weighted by Crippen LogP contribution is -2.41. The highest BCUT2D eigenvalue weighted by Gasteiger charge is 2.06. The molecule has 2 N–H and O–H groups in total. The average molecular weight is 268 g/mol. The second kappa shape index (κ2) is 8.51. The first kappa shape index (κ1) is 14.8. The standard InChI is InChI=1S/C18H24N2/c1-2-9-18(19-14-16-10-5-3-6-11-16)20-15-17-12-7-4-8-13-17/h3-8,10-13,18-20H,2,9,14-15H2,1H3. The van der Waals surface area contributed by atoms with Gasteiger partial charge in [0, 0.05) is 13.1 Å². The van der Waals surface area contributed by atoms with Gasteiger partial charge in [-0.15, -0.1) is 0 Å². The number of rotatable bonds is 8. The van der Waals surface area contributed by atoms with E-state index in [1.807, 2.05) is 0 Å². The van der Waals surface area contributed by atoms with E-state index in [1.54, 1.807) is 0 Å². The highest BCUT2D eigenvalue weighted by Crippen LogP contribution is 2.02. The molecule has 0 radical (unpaired) electrons. The third-order valence-electron chi connectivity index (χ3n) is 3.37. The SMILES string of the molecule is CCCC(NCc1ccccc1)NCc1ccccc1. The smallest absolute Gasteiger partial charge is 0.0576 e. The van der Waals surface area contributed by atoms with Crippen molar-refractivity contribution in [1.29, 1.82) is 0 Å². The van der Waals surface area contributed by atoms with Crippen LogP contribution in [0.25, 0.3) is 0 Å². The van der Waals surface area contributed by atoms with Crippen molar-refractivity contribution in [3.05, 3.63) is 71.8 Å². The molecular formula is C18H24N2. The van der Waals surface area contributed by atoms with Crippen LogP contribution in [0.3, 0.4) is 0 Å². The van der Waals surface area contributed by atoms with E-state index in [9.17, 15) is 0 Å². The Morgan fingerprint density at radius 1 is 0.750 bits per heavy atom. The third kappa shape index (κ3) is 5.16. The van der Waals surface area contributed by atoms with E-state index < -0.39 is 0 Å². The maximum Gasteiger partial charge on any atom is 0.0576 e. The molecule has 0 unspecified atom stereocenters. The molecule has 2 aromatic carbocycles. The molecule has 0 atom stereocenters. The van der Waals surface area contributed by atoms with Crippen LogP contribution in [-0.2, 0) is 13.1 Å². The lowest BCUT2D eigenvalue weighted by Gasteiger charge is -2.20. The van der Waals surface area contributed by atoms with Gasteiger partial charge in [-0.3, -0.25) is 10.6 Å². The summed E-state index contributed by atoms with van der Waals surface area (Å²) in [5, 5.41) is 7.19. The molecule has 2 heteroatoms. The Labute approximate surface area is 122 Å².